The zero-order chi connectivity index (χ0) is 17.8. The molecule has 0 bridgehead atoms. The lowest BCUT2D eigenvalue weighted by Gasteiger charge is -2.34. The van der Waals surface area contributed by atoms with E-state index in [2.05, 4.69) is 11.8 Å². The first-order valence-corrected chi connectivity index (χ1v) is 9.11. The summed E-state index contributed by atoms with van der Waals surface area (Å²) in [6, 6.07) is 9.51. The molecule has 0 aromatic heterocycles. The van der Waals surface area contributed by atoms with Crippen LogP contribution in [-0.2, 0) is 12.8 Å². The lowest BCUT2D eigenvalue weighted by molar-refractivity contribution is 0.256. The topological polar surface area (TPSA) is 23.5 Å². The van der Waals surface area contributed by atoms with E-state index in [0.29, 0.717) is 12.8 Å². The van der Waals surface area contributed by atoms with Crippen molar-refractivity contribution < 1.29 is 13.9 Å². The van der Waals surface area contributed by atoms with Gasteiger partial charge >= 0.3 is 0 Å². The second-order valence-corrected chi connectivity index (χ2v) is 6.75. The quantitative estimate of drug-likeness (QED) is 0.733. The van der Waals surface area contributed by atoms with Crippen molar-refractivity contribution in [2.24, 2.45) is 0 Å². The van der Waals surface area contributed by atoms with E-state index in [1.807, 2.05) is 0 Å². The van der Waals surface area contributed by atoms with Gasteiger partial charge in [-0.25, -0.2) is 8.78 Å². The van der Waals surface area contributed by atoms with E-state index in [1.54, 1.807) is 24.3 Å². The maximum Gasteiger partial charge on any atom is 0.123 e. The van der Waals surface area contributed by atoms with E-state index in [0.717, 1.165) is 48.2 Å². The average Bonchev–Trinajstić information content (AvgIpc) is 2.75. The van der Waals surface area contributed by atoms with Gasteiger partial charge in [0.25, 0.3) is 0 Å². The third-order valence-electron chi connectivity index (χ3n) is 4.98. The molecule has 134 valence electrons. The Balaban J connectivity index is 2.06. The monoisotopic (exact) mass is 345 g/mol. The molecule has 1 aliphatic rings. The summed E-state index contributed by atoms with van der Waals surface area (Å²) in [5.74, 6) is -0.523. The van der Waals surface area contributed by atoms with Crippen LogP contribution in [0.3, 0.4) is 0 Å². The van der Waals surface area contributed by atoms with Gasteiger partial charge in [0, 0.05) is 11.4 Å². The fraction of sp³-hybridized carbons (Fsp3) is 0.429. The number of rotatable bonds is 6. The molecule has 0 saturated carbocycles. The Morgan fingerprint density at radius 3 is 2.00 bits per heavy atom. The Bertz CT molecular complexity index is 678. The van der Waals surface area contributed by atoms with Crippen LogP contribution in [0.4, 0.5) is 20.2 Å². The van der Waals surface area contributed by atoms with Crippen molar-refractivity contribution in [3.05, 3.63) is 59.2 Å². The summed E-state index contributed by atoms with van der Waals surface area (Å²) in [7, 11) is 0. The molecular weight excluding hydrogens is 320 g/mol. The van der Waals surface area contributed by atoms with Gasteiger partial charge in [0.05, 0.1) is 12.6 Å². The SMILES string of the molecule is CCCCC[C@H](CO)N1c2ccc(F)cc2CCc2cc(F)ccc21. The summed E-state index contributed by atoms with van der Waals surface area (Å²) >= 11 is 0. The molecule has 0 spiro atoms. The van der Waals surface area contributed by atoms with Crippen LogP contribution in [-0.4, -0.2) is 17.8 Å². The minimum atomic E-state index is -0.262. The van der Waals surface area contributed by atoms with Crippen LogP contribution in [0.15, 0.2) is 36.4 Å². The van der Waals surface area contributed by atoms with Crippen molar-refractivity contribution in [1.29, 1.82) is 0 Å². The number of hydrogen-bond donors (Lipinski definition) is 1. The average molecular weight is 345 g/mol. The van der Waals surface area contributed by atoms with Crippen LogP contribution < -0.4 is 4.90 Å². The van der Waals surface area contributed by atoms with Gasteiger partial charge in [-0.15, -0.1) is 0 Å². The lowest BCUT2D eigenvalue weighted by Crippen LogP contribution is -2.35. The molecule has 1 heterocycles. The first-order chi connectivity index (χ1) is 12.1. The van der Waals surface area contributed by atoms with Crippen LogP contribution in [0, 0.1) is 11.6 Å². The third kappa shape index (κ3) is 3.84. The third-order valence-corrected chi connectivity index (χ3v) is 4.98. The summed E-state index contributed by atoms with van der Waals surface area (Å²) in [4.78, 5) is 2.09. The molecule has 25 heavy (non-hydrogen) atoms. The van der Waals surface area contributed by atoms with Crippen LogP contribution in [0.25, 0.3) is 0 Å². The second-order valence-electron chi connectivity index (χ2n) is 6.75. The van der Waals surface area contributed by atoms with Crippen molar-refractivity contribution in [2.75, 3.05) is 11.5 Å². The molecule has 1 atom stereocenters. The summed E-state index contributed by atoms with van der Waals surface area (Å²) in [5, 5.41) is 10.0. The fourth-order valence-corrected chi connectivity index (χ4v) is 3.70. The number of aliphatic hydroxyl groups excluding tert-OH is 1. The molecular formula is C21H25F2NO. The Hall–Kier alpha value is -1.94. The maximum atomic E-state index is 13.8. The summed E-state index contributed by atoms with van der Waals surface area (Å²) in [6.07, 6.45) is 5.40. The lowest BCUT2D eigenvalue weighted by atomic mass is 10.0. The Labute approximate surface area is 148 Å². The van der Waals surface area contributed by atoms with E-state index < -0.39 is 0 Å². The van der Waals surface area contributed by atoms with Crippen molar-refractivity contribution >= 4 is 11.4 Å². The van der Waals surface area contributed by atoms with Crippen LogP contribution in [0.1, 0.15) is 43.7 Å². The standard InChI is InChI=1S/C21H25F2NO/c1-2-3-4-5-19(14-25)24-20-10-8-17(22)12-15(20)6-7-16-13-18(23)9-11-21(16)24/h8-13,19,25H,2-7,14H2,1H3/t19-/m1/s1. The van der Waals surface area contributed by atoms with E-state index in [1.165, 1.54) is 12.1 Å². The minimum Gasteiger partial charge on any atom is -0.394 e. The highest BCUT2D eigenvalue weighted by molar-refractivity contribution is 5.72. The number of halogens is 2. The molecule has 0 fully saturated rings. The van der Waals surface area contributed by atoms with E-state index in [-0.39, 0.29) is 24.3 Å². The van der Waals surface area contributed by atoms with Gasteiger partial charge in [0.1, 0.15) is 11.6 Å². The predicted molar refractivity (Wildman–Crippen MR) is 97.4 cm³/mol. The van der Waals surface area contributed by atoms with Crippen LogP contribution in [0.2, 0.25) is 0 Å². The minimum absolute atomic E-state index is 0.0113. The molecule has 1 aliphatic heterocycles. The molecule has 2 aromatic carbocycles. The van der Waals surface area contributed by atoms with Crippen molar-refractivity contribution in [2.45, 2.75) is 51.5 Å². The Morgan fingerprint density at radius 1 is 0.960 bits per heavy atom. The van der Waals surface area contributed by atoms with Crippen LogP contribution >= 0.6 is 0 Å². The fourth-order valence-electron chi connectivity index (χ4n) is 3.70. The zero-order valence-electron chi connectivity index (χ0n) is 14.6. The first kappa shape index (κ1) is 17.9. The van der Waals surface area contributed by atoms with Crippen molar-refractivity contribution in [3.8, 4) is 0 Å². The largest absolute Gasteiger partial charge is 0.394 e. The maximum absolute atomic E-state index is 13.8. The first-order valence-electron chi connectivity index (χ1n) is 9.11. The number of aryl methyl sites for hydroxylation is 2. The van der Waals surface area contributed by atoms with Crippen LogP contribution in [0.5, 0.6) is 0 Å². The van der Waals surface area contributed by atoms with Crippen molar-refractivity contribution in [3.63, 3.8) is 0 Å². The molecule has 1 N–H and O–H groups in total. The Morgan fingerprint density at radius 2 is 1.52 bits per heavy atom. The molecule has 4 heteroatoms. The highest BCUT2D eigenvalue weighted by Crippen LogP contribution is 2.39. The normalized spacial score (nSPS) is 14.6. The molecule has 2 nitrogen and oxygen atoms in total. The molecule has 0 aliphatic carbocycles. The number of fused-ring (bicyclic) bond motifs is 2. The van der Waals surface area contributed by atoms with E-state index in [9.17, 15) is 13.9 Å². The van der Waals surface area contributed by atoms with Gasteiger partial charge in [0.15, 0.2) is 0 Å². The number of anilines is 2. The zero-order valence-corrected chi connectivity index (χ0v) is 14.6. The predicted octanol–water partition coefficient (Wildman–Crippen LogP) is 5.14. The van der Waals surface area contributed by atoms with Gasteiger partial charge in [-0.3, -0.25) is 0 Å². The highest BCUT2D eigenvalue weighted by Gasteiger charge is 2.27. The smallest absolute Gasteiger partial charge is 0.123 e. The highest BCUT2D eigenvalue weighted by atomic mass is 19.1. The van der Waals surface area contributed by atoms with Gasteiger partial charge < -0.3 is 10.0 Å². The number of aliphatic hydroxyl groups is 1. The Kier molecular flexibility index (Phi) is 5.69. The summed E-state index contributed by atoms with van der Waals surface area (Å²) < 4.78 is 27.5. The van der Waals surface area contributed by atoms with Gasteiger partial charge in [-0.05, 0) is 66.8 Å². The number of hydrogen-bond acceptors (Lipinski definition) is 2. The summed E-state index contributed by atoms with van der Waals surface area (Å²) in [6.45, 7) is 2.16. The van der Waals surface area contributed by atoms with E-state index in [4.69, 9.17) is 0 Å². The van der Waals surface area contributed by atoms with Gasteiger partial charge in [-0.2, -0.15) is 0 Å². The summed E-state index contributed by atoms with van der Waals surface area (Å²) in [5.41, 5.74) is 3.65. The molecule has 0 radical (unpaired) electrons. The number of nitrogens with zero attached hydrogens (tertiary/aromatic N) is 1. The molecule has 3 rings (SSSR count). The molecule has 0 amide bonds. The molecule has 0 unspecified atom stereocenters. The van der Waals surface area contributed by atoms with Gasteiger partial charge in [0.2, 0.25) is 0 Å². The molecule has 0 saturated heterocycles. The van der Waals surface area contributed by atoms with Crippen molar-refractivity contribution in [1.82, 2.24) is 0 Å². The van der Waals surface area contributed by atoms with Gasteiger partial charge in [-0.1, -0.05) is 26.2 Å². The molecule has 2 aromatic rings. The number of unbranched alkanes of at least 4 members (excludes halogenated alkanes) is 2. The second kappa shape index (κ2) is 7.96. The number of benzene rings is 2. The van der Waals surface area contributed by atoms with E-state index >= 15 is 0 Å².